The van der Waals surface area contributed by atoms with E-state index in [0.717, 1.165) is 6.42 Å². The van der Waals surface area contributed by atoms with Gasteiger partial charge in [0.2, 0.25) is 0 Å². The zero-order chi connectivity index (χ0) is 41.1. The average Bonchev–Trinajstić information content (AvgIpc) is 3.48. The molecule has 3 aliphatic heterocycles. The molecule has 1 unspecified atom stereocenters. The lowest BCUT2D eigenvalue weighted by Crippen LogP contribution is -2.43. The van der Waals surface area contributed by atoms with Crippen LogP contribution in [-0.4, -0.2) is 0 Å². The van der Waals surface area contributed by atoms with Crippen molar-refractivity contribution in [1.29, 1.82) is 0 Å². The molecule has 0 saturated heterocycles. The fraction of sp³-hybridized carbons (Fsp3) is 0.241. The summed E-state index contributed by atoms with van der Waals surface area (Å²) in [5.74, 6) is 0.425. The van der Waals surface area contributed by atoms with Gasteiger partial charge in [-0.3, -0.25) is 0 Å². The Morgan fingerprint density at radius 2 is 0.983 bits per heavy atom. The summed E-state index contributed by atoms with van der Waals surface area (Å²) >= 11 is 0. The number of anilines is 5. The van der Waals surface area contributed by atoms with Crippen LogP contribution in [0.5, 0.6) is 0 Å². The molecule has 3 heterocycles. The van der Waals surface area contributed by atoms with Crippen LogP contribution in [0.1, 0.15) is 106 Å². The van der Waals surface area contributed by atoms with Gasteiger partial charge in [0, 0.05) is 33.3 Å². The molecule has 2 aliphatic carbocycles. The van der Waals surface area contributed by atoms with Crippen LogP contribution in [0, 0.1) is 5.92 Å². The van der Waals surface area contributed by atoms with Crippen LogP contribution in [-0.2, 0) is 21.7 Å². The molecule has 12 rings (SSSR count). The van der Waals surface area contributed by atoms with Crippen molar-refractivity contribution < 1.29 is 0 Å². The van der Waals surface area contributed by atoms with Crippen molar-refractivity contribution in [3.05, 3.63) is 202 Å². The molecule has 1 atom stereocenters. The van der Waals surface area contributed by atoms with E-state index in [2.05, 4.69) is 217 Å². The lowest BCUT2D eigenvalue weighted by atomic mass is 9.60. The summed E-state index contributed by atoms with van der Waals surface area (Å²) in [5, 5.41) is 2.50. The summed E-state index contributed by atoms with van der Waals surface area (Å²) in [4.78, 5) is 5.16. The maximum absolute atomic E-state index is 2.66. The molecule has 294 valence electrons. The molecule has 0 spiro atoms. The van der Waals surface area contributed by atoms with Gasteiger partial charge in [-0.15, -0.1) is 0 Å². The molecule has 0 radical (unpaired) electrons. The van der Waals surface area contributed by atoms with E-state index in [-0.39, 0.29) is 21.7 Å². The average molecular weight is 777 g/mol. The summed E-state index contributed by atoms with van der Waals surface area (Å²) < 4.78 is 0. The molecule has 2 heteroatoms. The lowest BCUT2D eigenvalue weighted by molar-refractivity contribution is 0.406. The van der Waals surface area contributed by atoms with Crippen LogP contribution in [0.2, 0.25) is 0 Å². The van der Waals surface area contributed by atoms with E-state index < -0.39 is 0 Å². The molecule has 60 heavy (non-hydrogen) atoms. The smallest absolute Gasteiger partial charge is 0.0544 e. The highest BCUT2D eigenvalue weighted by atomic mass is 15.2. The second-order valence-corrected chi connectivity index (χ2v) is 20.3. The van der Waals surface area contributed by atoms with E-state index in [4.69, 9.17) is 0 Å². The predicted octanol–water partition coefficient (Wildman–Crippen LogP) is 15.3. The van der Waals surface area contributed by atoms with Crippen LogP contribution in [0.4, 0.5) is 28.4 Å². The van der Waals surface area contributed by atoms with E-state index >= 15 is 0 Å². The number of fused-ring (bicyclic) bond motifs is 4. The van der Waals surface area contributed by atoms with Gasteiger partial charge in [0.15, 0.2) is 0 Å². The van der Waals surface area contributed by atoms with Crippen molar-refractivity contribution in [2.24, 2.45) is 5.92 Å². The monoisotopic (exact) mass is 776 g/mol. The van der Waals surface area contributed by atoms with Crippen LogP contribution >= 0.6 is 0 Å². The van der Waals surface area contributed by atoms with Crippen LogP contribution in [0.15, 0.2) is 157 Å². The summed E-state index contributed by atoms with van der Waals surface area (Å²) in [6, 6.07) is 53.3. The van der Waals surface area contributed by atoms with Crippen LogP contribution in [0.25, 0.3) is 27.5 Å². The normalized spacial score (nSPS) is 19.8. The number of hydrogen-bond acceptors (Lipinski definition) is 2. The Bertz CT molecular complexity index is 2990. The summed E-state index contributed by atoms with van der Waals surface area (Å²) in [6.07, 6.45) is 5.76. The standard InChI is InChI=1S/C58H52N2/c1-55(2)44-19-13-12-18-42(44)43-29-28-41(34-49(43)55)59(39-16-10-9-11-17-39)40-27-26-35-30-36(24-25-37(35)31-40)38-32-50-54-51(33-38)58(7,8)48-23-15-21-46-53(48)60(54)52-45(56(46,3)4)20-14-22-47(52)57(50,5)6/h9-33,49H,34H2,1-8H3. The van der Waals surface area contributed by atoms with Gasteiger partial charge in [-0.1, -0.05) is 159 Å². The first kappa shape index (κ1) is 35.8. The van der Waals surface area contributed by atoms with E-state index in [0.29, 0.717) is 5.92 Å². The topological polar surface area (TPSA) is 6.48 Å². The maximum atomic E-state index is 2.66. The second-order valence-electron chi connectivity index (χ2n) is 20.3. The Balaban J connectivity index is 0.977. The maximum Gasteiger partial charge on any atom is 0.0544 e. The zero-order valence-electron chi connectivity index (χ0n) is 36.1. The zero-order valence-corrected chi connectivity index (χ0v) is 36.1. The number of nitrogens with zero attached hydrogens (tertiary/aromatic N) is 2. The quantitative estimate of drug-likeness (QED) is 0.176. The molecule has 7 aromatic carbocycles. The highest BCUT2D eigenvalue weighted by Gasteiger charge is 2.52. The third-order valence-electron chi connectivity index (χ3n) is 15.7. The summed E-state index contributed by atoms with van der Waals surface area (Å²) in [6.45, 7) is 19.5. The predicted molar refractivity (Wildman–Crippen MR) is 253 cm³/mol. The molecule has 0 fully saturated rings. The number of benzene rings is 7. The third-order valence-corrected chi connectivity index (χ3v) is 15.7. The van der Waals surface area contributed by atoms with Gasteiger partial charge in [0.05, 0.1) is 17.1 Å². The summed E-state index contributed by atoms with van der Waals surface area (Å²) in [7, 11) is 0. The van der Waals surface area contributed by atoms with Crippen molar-refractivity contribution in [3.63, 3.8) is 0 Å². The highest BCUT2D eigenvalue weighted by Crippen LogP contribution is 2.66. The van der Waals surface area contributed by atoms with E-state index in [1.165, 1.54) is 106 Å². The van der Waals surface area contributed by atoms with E-state index in [1.807, 2.05) is 0 Å². The van der Waals surface area contributed by atoms with Gasteiger partial charge >= 0.3 is 0 Å². The number of hydrogen-bond donors (Lipinski definition) is 0. The molecule has 2 nitrogen and oxygen atoms in total. The largest absolute Gasteiger partial charge is 0.314 e. The van der Waals surface area contributed by atoms with Crippen LogP contribution < -0.4 is 9.80 Å². The molecular weight excluding hydrogens is 725 g/mol. The number of para-hydroxylation sites is 3. The van der Waals surface area contributed by atoms with Crippen molar-refractivity contribution in [2.45, 2.75) is 83.5 Å². The SMILES string of the molecule is CC1(C)c2cccc3c2N2c4c1cccc4C(C)(C)c1cc(-c4ccc5cc(N(C6=CC=C7c8ccccc8C(C)(C)C7C6)c6ccccc6)ccc5c4)cc(c12)C3(C)C. The summed E-state index contributed by atoms with van der Waals surface area (Å²) in [5.41, 5.74) is 22.9. The Morgan fingerprint density at radius 1 is 0.450 bits per heavy atom. The number of rotatable bonds is 4. The molecule has 0 aromatic heterocycles. The second kappa shape index (κ2) is 11.8. The van der Waals surface area contributed by atoms with Gasteiger partial charge in [0.25, 0.3) is 0 Å². The van der Waals surface area contributed by atoms with Crippen molar-refractivity contribution in [2.75, 3.05) is 9.80 Å². The van der Waals surface area contributed by atoms with Gasteiger partial charge in [-0.2, -0.15) is 0 Å². The van der Waals surface area contributed by atoms with Crippen molar-refractivity contribution in [3.8, 4) is 11.1 Å². The Kier molecular flexibility index (Phi) is 7.03. The fourth-order valence-corrected chi connectivity index (χ4v) is 12.2. The minimum absolute atomic E-state index is 0.0625. The molecule has 7 aromatic rings. The van der Waals surface area contributed by atoms with Gasteiger partial charge in [-0.05, 0) is 138 Å². The van der Waals surface area contributed by atoms with E-state index in [9.17, 15) is 0 Å². The highest BCUT2D eigenvalue weighted by molar-refractivity contribution is 6.00. The first-order valence-corrected chi connectivity index (χ1v) is 21.9. The third kappa shape index (κ3) is 4.55. The minimum atomic E-state index is -0.176. The van der Waals surface area contributed by atoms with Gasteiger partial charge in [-0.25, -0.2) is 0 Å². The van der Waals surface area contributed by atoms with Crippen molar-refractivity contribution >= 4 is 44.8 Å². The molecule has 0 N–H and O–H groups in total. The van der Waals surface area contributed by atoms with E-state index in [1.54, 1.807) is 0 Å². The Morgan fingerprint density at radius 3 is 1.63 bits per heavy atom. The molecule has 0 amide bonds. The Labute approximate surface area is 355 Å². The molecule has 0 bridgehead atoms. The van der Waals surface area contributed by atoms with Gasteiger partial charge < -0.3 is 9.80 Å². The van der Waals surface area contributed by atoms with Crippen molar-refractivity contribution in [1.82, 2.24) is 0 Å². The Hall–Kier alpha value is -6.12. The molecule has 5 aliphatic rings. The van der Waals surface area contributed by atoms with Crippen LogP contribution in [0.3, 0.4) is 0 Å². The van der Waals surface area contributed by atoms with Gasteiger partial charge in [0.1, 0.15) is 0 Å². The number of allylic oxidation sites excluding steroid dienone is 4. The molecule has 0 saturated carbocycles. The molecular formula is C58H52N2. The minimum Gasteiger partial charge on any atom is -0.314 e. The first-order chi connectivity index (χ1) is 28.8. The first-order valence-electron chi connectivity index (χ1n) is 21.9. The fourth-order valence-electron chi connectivity index (χ4n) is 12.2. The lowest BCUT2D eigenvalue weighted by Gasteiger charge is -2.55.